The molecule has 5 nitrogen and oxygen atoms in total. The van der Waals surface area contributed by atoms with Gasteiger partial charge in [0.15, 0.2) is 0 Å². The molecular weight excluding hydrogens is 300 g/mol. The minimum Gasteiger partial charge on any atom is -0.335 e. The first-order chi connectivity index (χ1) is 11.8. The zero-order valence-electron chi connectivity index (χ0n) is 13.0. The van der Waals surface area contributed by atoms with E-state index in [0.29, 0.717) is 12.1 Å². The molecule has 0 fully saturated rings. The van der Waals surface area contributed by atoms with E-state index in [1.54, 1.807) is 12.4 Å². The maximum absolute atomic E-state index is 6.46. The summed E-state index contributed by atoms with van der Waals surface area (Å²) in [6.07, 6.45) is 4.13. The smallest absolute Gasteiger partial charge is 0.258 e. The average Bonchev–Trinajstić information content (AvgIpc) is 3.06. The molecule has 0 aliphatic rings. The Bertz CT molecular complexity index is 965. The van der Waals surface area contributed by atoms with Gasteiger partial charge in [0, 0.05) is 36.1 Å². The third-order valence-electron chi connectivity index (χ3n) is 4.02. The molecule has 4 rings (SSSR count). The molecule has 1 atom stereocenters. The van der Waals surface area contributed by atoms with Crippen molar-refractivity contribution in [2.45, 2.75) is 12.5 Å². The van der Waals surface area contributed by atoms with Crippen molar-refractivity contribution < 1.29 is 4.52 Å². The number of hydrogen-bond donors (Lipinski definition) is 1. The Morgan fingerprint density at radius 3 is 2.62 bits per heavy atom. The van der Waals surface area contributed by atoms with Crippen LogP contribution in [0.4, 0.5) is 0 Å². The quantitative estimate of drug-likeness (QED) is 0.623. The highest BCUT2D eigenvalue weighted by Crippen LogP contribution is 2.32. The van der Waals surface area contributed by atoms with Crippen molar-refractivity contribution in [3.63, 3.8) is 0 Å². The van der Waals surface area contributed by atoms with Gasteiger partial charge in [-0.3, -0.25) is 4.98 Å². The molecule has 24 heavy (non-hydrogen) atoms. The summed E-state index contributed by atoms with van der Waals surface area (Å²) in [6, 6.07) is 17.5. The van der Waals surface area contributed by atoms with Gasteiger partial charge in [-0.2, -0.15) is 0 Å². The van der Waals surface area contributed by atoms with Crippen LogP contribution in [0.15, 0.2) is 71.5 Å². The van der Waals surface area contributed by atoms with Gasteiger partial charge in [-0.05, 0) is 29.8 Å². The summed E-state index contributed by atoms with van der Waals surface area (Å²) < 4.78 is 5.34. The molecule has 0 radical (unpaired) electrons. The van der Waals surface area contributed by atoms with Crippen LogP contribution in [-0.2, 0) is 6.42 Å². The first kappa shape index (κ1) is 14.5. The standard InChI is InChI=1S/C19H16N4O/c20-17(12-13-6-3-4-10-21-13)14-7-1-2-8-15(14)18-16-9-5-11-22-19(16)24-23-18/h1-11,17H,12,20H2. The molecule has 3 heterocycles. The third-order valence-corrected chi connectivity index (χ3v) is 4.02. The second-order valence-electron chi connectivity index (χ2n) is 5.61. The van der Waals surface area contributed by atoms with Gasteiger partial charge < -0.3 is 10.3 Å². The topological polar surface area (TPSA) is 77.8 Å². The fraction of sp³-hybridized carbons (Fsp3) is 0.105. The molecule has 1 unspecified atom stereocenters. The van der Waals surface area contributed by atoms with Crippen LogP contribution in [-0.4, -0.2) is 15.1 Å². The largest absolute Gasteiger partial charge is 0.335 e. The summed E-state index contributed by atoms with van der Waals surface area (Å²) in [4.78, 5) is 8.56. The van der Waals surface area contributed by atoms with Crippen LogP contribution >= 0.6 is 0 Å². The maximum atomic E-state index is 6.46. The van der Waals surface area contributed by atoms with Crippen LogP contribution < -0.4 is 5.73 Å². The van der Waals surface area contributed by atoms with E-state index in [0.717, 1.165) is 27.9 Å². The Morgan fingerprint density at radius 1 is 0.917 bits per heavy atom. The highest BCUT2D eigenvalue weighted by Gasteiger charge is 2.18. The number of benzene rings is 1. The van der Waals surface area contributed by atoms with Gasteiger partial charge in [0.05, 0.1) is 5.39 Å². The predicted molar refractivity (Wildman–Crippen MR) is 92.1 cm³/mol. The summed E-state index contributed by atoms with van der Waals surface area (Å²) in [5, 5.41) is 5.09. The Hall–Kier alpha value is -3.05. The SMILES string of the molecule is NC(Cc1ccccn1)c1ccccc1-c1noc2ncccc12. The third kappa shape index (κ3) is 2.66. The summed E-state index contributed by atoms with van der Waals surface area (Å²) in [5.74, 6) is 0. The van der Waals surface area contributed by atoms with Gasteiger partial charge in [0.25, 0.3) is 5.71 Å². The molecule has 0 spiro atoms. The summed E-state index contributed by atoms with van der Waals surface area (Å²) >= 11 is 0. The first-order valence-electron chi connectivity index (χ1n) is 7.78. The average molecular weight is 316 g/mol. The summed E-state index contributed by atoms with van der Waals surface area (Å²) in [6.45, 7) is 0. The van der Waals surface area contributed by atoms with E-state index < -0.39 is 0 Å². The van der Waals surface area contributed by atoms with Gasteiger partial charge in [-0.1, -0.05) is 35.5 Å². The number of nitrogens with two attached hydrogens (primary N) is 1. The molecule has 0 amide bonds. The number of pyridine rings is 2. The Labute approximate surface area is 139 Å². The maximum Gasteiger partial charge on any atom is 0.258 e. The van der Waals surface area contributed by atoms with Crippen molar-refractivity contribution in [1.82, 2.24) is 15.1 Å². The van der Waals surface area contributed by atoms with Crippen molar-refractivity contribution in [3.05, 3.63) is 78.2 Å². The van der Waals surface area contributed by atoms with Crippen LogP contribution in [0.5, 0.6) is 0 Å². The van der Waals surface area contributed by atoms with E-state index in [9.17, 15) is 0 Å². The van der Waals surface area contributed by atoms with E-state index in [-0.39, 0.29) is 6.04 Å². The summed E-state index contributed by atoms with van der Waals surface area (Å²) in [5.41, 5.74) is 10.7. The number of nitrogens with zero attached hydrogens (tertiary/aromatic N) is 3. The second-order valence-corrected chi connectivity index (χ2v) is 5.61. The van der Waals surface area contributed by atoms with E-state index in [1.165, 1.54) is 0 Å². The second kappa shape index (κ2) is 6.22. The molecule has 4 aromatic rings. The van der Waals surface area contributed by atoms with Gasteiger partial charge in [0.1, 0.15) is 5.69 Å². The lowest BCUT2D eigenvalue weighted by Crippen LogP contribution is -2.15. The van der Waals surface area contributed by atoms with Crippen molar-refractivity contribution in [2.75, 3.05) is 0 Å². The number of rotatable bonds is 4. The monoisotopic (exact) mass is 316 g/mol. The first-order valence-corrected chi connectivity index (χ1v) is 7.78. The molecular formula is C19H16N4O. The van der Waals surface area contributed by atoms with Gasteiger partial charge in [-0.15, -0.1) is 0 Å². The number of aromatic nitrogens is 3. The molecule has 118 valence electrons. The van der Waals surface area contributed by atoms with Crippen LogP contribution in [0.2, 0.25) is 0 Å². The van der Waals surface area contributed by atoms with E-state index >= 15 is 0 Å². The summed E-state index contributed by atoms with van der Waals surface area (Å²) in [7, 11) is 0. The van der Waals surface area contributed by atoms with Crippen molar-refractivity contribution in [1.29, 1.82) is 0 Å². The molecule has 3 aromatic heterocycles. The fourth-order valence-electron chi connectivity index (χ4n) is 2.87. The van der Waals surface area contributed by atoms with Crippen molar-refractivity contribution in [2.24, 2.45) is 5.73 Å². The van der Waals surface area contributed by atoms with E-state index in [4.69, 9.17) is 10.3 Å². The highest BCUT2D eigenvalue weighted by molar-refractivity contribution is 5.90. The lowest BCUT2D eigenvalue weighted by molar-refractivity contribution is 0.451. The zero-order valence-corrected chi connectivity index (χ0v) is 13.0. The number of fused-ring (bicyclic) bond motifs is 1. The van der Waals surface area contributed by atoms with Crippen LogP contribution in [0.1, 0.15) is 17.3 Å². The van der Waals surface area contributed by atoms with Gasteiger partial charge in [-0.25, -0.2) is 4.98 Å². The number of hydrogen-bond acceptors (Lipinski definition) is 5. The molecule has 0 bridgehead atoms. The van der Waals surface area contributed by atoms with Gasteiger partial charge in [0.2, 0.25) is 0 Å². The molecule has 0 aliphatic carbocycles. The predicted octanol–water partition coefficient (Wildman–Crippen LogP) is 3.53. The highest BCUT2D eigenvalue weighted by atomic mass is 16.5. The van der Waals surface area contributed by atoms with Crippen molar-refractivity contribution >= 4 is 11.1 Å². The van der Waals surface area contributed by atoms with Gasteiger partial charge >= 0.3 is 0 Å². The molecule has 2 N–H and O–H groups in total. The van der Waals surface area contributed by atoms with Crippen LogP contribution in [0.25, 0.3) is 22.4 Å². The Balaban J connectivity index is 1.75. The molecule has 5 heteroatoms. The molecule has 0 aliphatic heterocycles. The molecule has 1 aromatic carbocycles. The van der Waals surface area contributed by atoms with Crippen molar-refractivity contribution in [3.8, 4) is 11.3 Å². The van der Waals surface area contributed by atoms with Crippen LogP contribution in [0.3, 0.4) is 0 Å². The minimum atomic E-state index is -0.181. The Kier molecular flexibility index (Phi) is 3.76. The van der Waals surface area contributed by atoms with Crippen LogP contribution in [0, 0.1) is 0 Å². The molecule has 0 saturated heterocycles. The fourth-order valence-corrected chi connectivity index (χ4v) is 2.87. The minimum absolute atomic E-state index is 0.181. The lowest BCUT2D eigenvalue weighted by Gasteiger charge is -2.15. The lowest BCUT2D eigenvalue weighted by atomic mass is 9.94. The normalized spacial score (nSPS) is 12.4. The van der Waals surface area contributed by atoms with E-state index in [1.807, 2.05) is 54.6 Å². The zero-order chi connectivity index (χ0) is 16.4. The van der Waals surface area contributed by atoms with E-state index in [2.05, 4.69) is 15.1 Å². The Morgan fingerprint density at radius 2 is 1.75 bits per heavy atom. The molecule has 0 saturated carbocycles.